The minimum absolute atomic E-state index is 0.540. The molecule has 2 aliphatic rings. The molecule has 1 saturated carbocycles. The van der Waals surface area contributed by atoms with Crippen LogP contribution in [-0.2, 0) is 13.0 Å². The van der Waals surface area contributed by atoms with Crippen molar-refractivity contribution in [3.05, 3.63) is 58.7 Å². The van der Waals surface area contributed by atoms with Gasteiger partial charge in [-0.1, -0.05) is 37.1 Å². The Morgan fingerprint density at radius 3 is 2.67 bits per heavy atom. The molecule has 1 N–H and O–H groups in total. The van der Waals surface area contributed by atoms with Crippen molar-refractivity contribution in [2.24, 2.45) is 0 Å². The minimum atomic E-state index is 0.540. The Balaban J connectivity index is 1.55. The monoisotopic (exact) mass is 421 g/mol. The Labute approximate surface area is 187 Å². The van der Waals surface area contributed by atoms with E-state index in [-0.39, 0.29) is 0 Å². The molecule has 0 atom stereocenters. The molecule has 1 heterocycles. The van der Waals surface area contributed by atoms with Gasteiger partial charge in [0.2, 0.25) is 0 Å². The fourth-order valence-corrected chi connectivity index (χ4v) is 5.32. The minimum Gasteiger partial charge on any atom is -0.372 e. The molecule has 160 valence electrons. The maximum absolute atomic E-state index is 5.96. The zero-order valence-corrected chi connectivity index (χ0v) is 19.5. The third kappa shape index (κ3) is 4.64. The van der Waals surface area contributed by atoms with Crippen molar-refractivity contribution >= 4 is 28.7 Å². The fourth-order valence-electron chi connectivity index (χ4n) is 4.99. The van der Waals surface area contributed by atoms with E-state index in [1.54, 1.807) is 0 Å². The molecule has 2 aromatic carbocycles. The van der Waals surface area contributed by atoms with Crippen molar-refractivity contribution in [3.63, 3.8) is 0 Å². The molecule has 0 aromatic heterocycles. The second kappa shape index (κ2) is 9.38. The van der Waals surface area contributed by atoms with Crippen molar-refractivity contribution < 1.29 is 0 Å². The van der Waals surface area contributed by atoms with E-state index in [1.165, 1.54) is 73.0 Å². The highest BCUT2D eigenvalue weighted by Gasteiger charge is 2.26. The van der Waals surface area contributed by atoms with Crippen LogP contribution in [0.25, 0.3) is 0 Å². The standard InChI is InChI=1S/C26H35N3S/c1-4-28-15-7-8-22-17-21(13-14-25(22)28)18-29(23-9-5-6-10-23)26(30)27-24-16-19(2)11-12-20(24)3/h11-14,16-17,23H,4-10,15,18H2,1-3H3,(H,27,30). The lowest BCUT2D eigenvalue weighted by Crippen LogP contribution is -2.41. The lowest BCUT2D eigenvalue weighted by atomic mass is 9.98. The van der Waals surface area contributed by atoms with Gasteiger partial charge in [-0.15, -0.1) is 0 Å². The highest BCUT2D eigenvalue weighted by atomic mass is 32.1. The summed E-state index contributed by atoms with van der Waals surface area (Å²) < 4.78 is 0. The second-order valence-electron chi connectivity index (χ2n) is 8.96. The van der Waals surface area contributed by atoms with Crippen LogP contribution >= 0.6 is 12.2 Å². The molecule has 4 heteroatoms. The van der Waals surface area contributed by atoms with Crippen LogP contribution in [0.2, 0.25) is 0 Å². The molecule has 1 aliphatic heterocycles. The molecule has 4 rings (SSSR count). The average molecular weight is 422 g/mol. The molecule has 3 nitrogen and oxygen atoms in total. The molecule has 0 unspecified atom stereocenters. The smallest absolute Gasteiger partial charge is 0.173 e. The van der Waals surface area contributed by atoms with Crippen LogP contribution in [-0.4, -0.2) is 29.1 Å². The summed E-state index contributed by atoms with van der Waals surface area (Å²) in [5.74, 6) is 0. The number of aryl methyl sites for hydroxylation is 3. The van der Waals surface area contributed by atoms with Crippen molar-refractivity contribution in [1.82, 2.24) is 4.90 Å². The summed E-state index contributed by atoms with van der Waals surface area (Å²) in [4.78, 5) is 4.95. The van der Waals surface area contributed by atoms with Crippen LogP contribution in [0.4, 0.5) is 11.4 Å². The van der Waals surface area contributed by atoms with Crippen molar-refractivity contribution in [2.75, 3.05) is 23.3 Å². The lowest BCUT2D eigenvalue weighted by molar-refractivity contribution is 0.312. The van der Waals surface area contributed by atoms with Crippen molar-refractivity contribution in [3.8, 4) is 0 Å². The molecular formula is C26H35N3S. The Kier molecular flexibility index (Phi) is 6.62. The number of thiocarbonyl (C=S) groups is 1. The molecule has 0 radical (unpaired) electrons. The first-order chi connectivity index (χ1) is 14.5. The maximum atomic E-state index is 5.96. The summed E-state index contributed by atoms with van der Waals surface area (Å²) in [6.07, 6.45) is 7.54. The number of anilines is 2. The van der Waals surface area contributed by atoms with E-state index in [0.717, 1.165) is 23.9 Å². The fraction of sp³-hybridized carbons (Fsp3) is 0.500. The van der Waals surface area contributed by atoms with Gasteiger partial charge in [-0.05, 0) is 93.1 Å². The number of fused-ring (bicyclic) bond motifs is 1. The summed E-state index contributed by atoms with van der Waals surface area (Å²) in [5, 5.41) is 4.44. The van der Waals surface area contributed by atoms with Gasteiger partial charge >= 0.3 is 0 Å². The van der Waals surface area contributed by atoms with Crippen molar-refractivity contribution in [2.45, 2.75) is 71.9 Å². The number of rotatable bonds is 5. The van der Waals surface area contributed by atoms with E-state index in [4.69, 9.17) is 12.2 Å². The Bertz CT molecular complexity index is 901. The van der Waals surface area contributed by atoms with Gasteiger partial charge in [0.05, 0.1) is 0 Å². The Morgan fingerprint density at radius 2 is 1.90 bits per heavy atom. The summed E-state index contributed by atoms with van der Waals surface area (Å²) in [7, 11) is 0. The Morgan fingerprint density at radius 1 is 1.10 bits per heavy atom. The zero-order valence-electron chi connectivity index (χ0n) is 18.7. The van der Waals surface area contributed by atoms with Gasteiger partial charge in [0.15, 0.2) is 5.11 Å². The van der Waals surface area contributed by atoms with Gasteiger partial charge in [-0.3, -0.25) is 0 Å². The molecule has 30 heavy (non-hydrogen) atoms. The van der Waals surface area contributed by atoms with Crippen LogP contribution in [0.1, 0.15) is 61.3 Å². The quantitative estimate of drug-likeness (QED) is 0.578. The molecular weight excluding hydrogens is 386 g/mol. The summed E-state index contributed by atoms with van der Waals surface area (Å²) in [6.45, 7) is 9.69. The lowest BCUT2D eigenvalue weighted by Gasteiger charge is -2.34. The predicted octanol–water partition coefficient (Wildman–Crippen LogP) is 6.22. The van der Waals surface area contributed by atoms with Crippen molar-refractivity contribution in [1.29, 1.82) is 0 Å². The van der Waals surface area contributed by atoms with E-state index in [0.29, 0.717) is 6.04 Å². The number of hydrogen-bond donors (Lipinski definition) is 1. The topological polar surface area (TPSA) is 18.5 Å². The van der Waals surface area contributed by atoms with E-state index in [1.807, 2.05) is 0 Å². The maximum Gasteiger partial charge on any atom is 0.173 e. The first-order valence-corrected chi connectivity index (χ1v) is 12.0. The summed E-state index contributed by atoms with van der Waals surface area (Å²) >= 11 is 5.96. The van der Waals surface area contributed by atoms with Crippen LogP contribution in [0, 0.1) is 13.8 Å². The summed E-state index contributed by atoms with van der Waals surface area (Å²) in [6, 6.07) is 14.1. The number of hydrogen-bond acceptors (Lipinski definition) is 2. The normalized spacial score (nSPS) is 16.4. The highest BCUT2D eigenvalue weighted by Crippen LogP contribution is 2.30. The number of nitrogens with zero attached hydrogens (tertiary/aromatic N) is 2. The number of nitrogens with one attached hydrogen (secondary N) is 1. The molecule has 1 fully saturated rings. The van der Waals surface area contributed by atoms with Gasteiger partial charge in [0.25, 0.3) is 0 Å². The first kappa shape index (κ1) is 21.2. The van der Waals surface area contributed by atoms with E-state index in [9.17, 15) is 0 Å². The van der Waals surface area contributed by atoms with Crippen LogP contribution in [0.3, 0.4) is 0 Å². The Hall–Kier alpha value is -2.07. The first-order valence-electron chi connectivity index (χ1n) is 11.6. The molecule has 0 spiro atoms. The van der Waals surface area contributed by atoms with Gasteiger partial charge in [0.1, 0.15) is 0 Å². The highest BCUT2D eigenvalue weighted by molar-refractivity contribution is 7.80. The SMILES string of the molecule is CCN1CCCc2cc(CN(C(=S)Nc3cc(C)ccc3C)C3CCCC3)ccc21. The third-order valence-corrected chi connectivity index (χ3v) is 7.09. The largest absolute Gasteiger partial charge is 0.372 e. The van der Waals surface area contributed by atoms with Gasteiger partial charge < -0.3 is 15.1 Å². The van der Waals surface area contributed by atoms with Crippen LogP contribution in [0.5, 0.6) is 0 Å². The molecule has 1 aliphatic carbocycles. The van der Waals surface area contributed by atoms with E-state index in [2.05, 4.69) is 72.3 Å². The molecule has 0 saturated heterocycles. The molecule has 0 bridgehead atoms. The van der Waals surface area contributed by atoms with Gasteiger partial charge in [0, 0.05) is 37.1 Å². The predicted molar refractivity (Wildman–Crippen MR) is 133 cm³/mol. The zero-order chi connectivity index (χ0) is 21.1. The van der Waals surface area contributed by atoms with E-state index < -0.39 is 0 Å². The molecule has 0 amide bonds. The summed E-state index contributed by atoms with van der Waals surface area (Å²) in [5.41, 5.74) is 7.93. The molecule has 2 aromatic rings. The third-order valence-electron chi connectivity index (χ3n) is 6.75. The second-order valence-corrected chi connectivity index (χ2v) is 9.35. The van der Waals surface area contributed by atoms with Gasteiger partial charge in [-0.2, -0.15) is 0 Å². The number of benzene rings is 2. The van der Waals surface area contributed by atoms with Crippen LogP contribution in [0.15, 0.2) is 36.4 Å². The van der Waals surface area contributed by atoms with Crippen LogP contribution < -0.4 is 10.2 Å². The van der Waals surface area contributed by atoms with Gasteiger partial charge in [-0.25, -0.2) is 0 Å². The average Bonchev–Trinajstić information content (AvgIpc) is 3.28. The van der Waals surface area contributed by atoms with E-state index >= 15 is 0 Å².